The van der Waals surface area contributed by atoms with Crippen LogP contribution in [0.3, 0.4) is 0 Å². The van der Waals surface area contributed by atoms with Gasteiger partial charge in [0.15, 0.2) is 0 Å². The van der Waals surface area contributed by atoms with Crippen LogP contribution in [0.5, 0.6) is 0 Å². The van der Waals surface area contributed by atoms with Gasteiger partial charge in [0.2, 0.25) is 0 Å². The van der Waals surface area contributed by atoms with E-state index in [0.29, 0.717) is 28.4 Å². The van der Waals surface area contributed by atoms with Gasteiger partial charge in [-0.05, 0) is 30.8 Å². The number of nitrogens with zero attached hydrogens (tertiary/aromatic N) is 1. The number of nitrogens with one attached hydrogen (secondary N) is 1. The molecule has 8 heteroatoms. The summed E-state index contributed by atoms with van der Waals surface area (Å²) in [4.78, 5) is 14.3. The molecule has 0 radical (unpaired) electrons. The maximum atomic E-state index is 12.1. The molecule has 0 aromatic heterocycles. The molecule has 0 aliphatic heterocycles. The average molecular weight is 354 g/mol. The SMILES string of the molecule is CCN(CC)CCNC(=O)c1cc(Cl)c(N)cc1CO.Cl.O. The first-order chi connectivity index (χ1) is 9.53. The lowest BCUT2D eigenvalue weighted by Gasteiger charge is -2.18. The molecule has 0 unspecified atom stereocenters. The third-order valence-corrected chi connectivity index (χ3v) is 3.57. The van der Waals surface area contributed by atoms with E-state index in [2.05, 4.69) is 24.1 Å². The van der Waals surface area contributed by atoms with Crippen molar-refractivity contribution >= 4 is 35.6 Å². The summed E-state index contributed by atoms with van der Waals surface area (Å²) in [6.45, 7) is 7.14. The fourth-order valence-electron chi connectivity index (χ4n) is 1.94. The molecule has 0 bridgehead atoms. The standard InChI is InChI=1S/C14H22ClN3O2.ClH.H2O/c1-3-18(4-2)6-5-17-14(20)11-8-12(15)13(16)7-10(11)9-19;;/h7-8,19H,3-6,9,16H2,1-2H3,(H,17,20);1H;1H2. The average Bonchev–Trinajstić information content (AvgIpc) is 2.45. The van der Waals surface area contributed by atoms with Crippen molar-refractivity contribution in [2.75, 3.05) is 31.9 Å². The molecule has 1 rings (SSSR count). The van der Waals surface area contributed by atoms with Gasteiger partial charge in [-0.1, -0.05) is 25.4 Å². The first-order valence-electron chi connectivity index (χ1n) is 6.72. The van der Waals surface area contributed by atoms with Crippen molar-refractivity contribution in [3.05, 3.63) is 28.3 Å². The van der Waals surface area contributed by atoms with Crippen LogP contribution in [0.25, 0.3) is 0 Å². The molecule has 1 amide bonds. The highest BCUT2D eigenvalue weighted by molar-refractivity contribution is 6.33. The van der Waals surface area contributed by atoms with E-state index in [1.54, 1.807) is 0 Å². The lowest BCUT2D eigenvalue weighted by atomic mass is 10.1. The number of nitrogens with two attached hydrogens (primary N) is 1. The quantitative estimate of drug-likeness (QED) is 0.637. The Kier molecular flexibility index (Phi) is 12.1. The number of halogens is 2. The molecular formula is C14H25Cl2N3O3. The Morgan fingerprint density at radius 1 is 1.36 bits per heavy atom. The fraction of sp³-hybridized carbons (Fsp3) is 0.500. The minimum absolute atomic E-state index is 0. The van der Waals surface area contributed by atoms with Crippen molar-refractivity contribution in [3.8, 4) is 0 Å². The maximum absolute atomic E-state index is 12.1. The lowest BCUT2D eigenvalue weighted by Crippen LogP contribution is -2.35. The molecule has 0 saturated carbocycles. The summed E-state index contributed by atoms with van der Waals surface area (Å²) >= 11 is 5.92. The zero-order valence-corrected chi connectivity index (χ0v) is 14.4. The van der Waals surface area contributed by atoms with Gasteiger partial charge in [0, 0.05) is 18.7 Å². The topological polar surface area (TPSA) is 110 Å². The largest absolute Gasteiger partial charge is 0.412 e. The minimum Gasteiger partial charge on any atom is -0.412 e. The van der Waals surface area contributed by atoms with Gasteiger partial charge < -0.3 is 26.5 Å². The van der Waals surface area contributed by atoms with E-state index >= 15 is 0 Å². The summed E-state index contributed by atoms with van der Waals surface area (Å²) in [7, 11) is 0. The smallest absolute Gasteiger partial charge is 0.251 e. The van der Waals surface area contributed by atoms with Crippen LogP contribution in [0.1, 0.15) is 29.8 Å². The third kappa shape index (κ3) is 6.37. The van der Waals surface area contributed by atoms with Crippen LogP contribution in [0.2, 0.25) is 5.02 Å². The molecule has 128 valence electrons. The predicted molar refractivity (Wildman–Crippen MR) is 92.8 cm³/mol. The Morgan fingerprint density at radius 3 is 2.45 bits per heavy atom. The number of likely N-dealkylation sites (N-methyl/N-ethyl adjacent to an activating group) is 1. The molecule has 0 atom stereocenters. The highest BCUT2D eigenvalue weighted by atomic mass is 35.5. The minimum atomic E-state index is -0.250. The van der Waals surface area contributed by atoms with E-state index in [0.717, 1.165) is 19.6 Å². The first kappa shape index (κ1) is 23.2. The summed E-state index contributed by atoms with van der Waals surface area (Å²) in [6, 6.07) is 3.02. The second-order valence-electron chi connectivity index (χ2n) is 4.47. The summed E-state index contributed by atoms with van der Waals surface area (Å²) in [5.41, 5.74) is 6.86. The van der Waals surface area contributed by atoms with E-state index in [4.69, 9.17) is 17.3 Å². The Bertz CT molecular complexity index is 469. The third-order valence-electron chi connectivity index (χ3n) is 3.25. The zero-order valence-electron chi connectivity index (χ0n) is 12.9. The van der Waals surface area contributed by atoms with Gasteiger partial charge in [-0.3, -0.25) is 4.79 Å². The monoisotopic (exact) mass is 353 g/mol. The van der Waals surface area contributed by atoms with Gasteiger partial charge >= 0.3 is 0 Å². The van der Waals surface area contributed by atoms with Crippen LogP contribution in [0.15, 0.2) is 12.1 Å². The Labute approximate surface area is 142 Å². The first-order valence-corrected chi connectivity index (χ1v) is 7.10. The second kappa shape index (κ2) is 11.5. The molecule has 22 heavy (non-hydrogen) atoms. The van der Waals surface area contributed by atoms with Gasteiger partial charge in [0.1, 0.15) is 0 Å². The number of rotatable bonds is 7. The van der Waals surface area contributed by atoms with Gasteiger partial charge in [-0.2, -0.15) is 0 Å². The number of nitrogen functional groups attached to an aromatic ring is 1. The van der Waals surface area contributed by atoms with E-state index < -0.39 is 0 Å². The number of amides is 1. The number of carbonyl (C=O) groups is 1. The summed E-state index contributed by atoms with van der Waals surface area (Å²) in [5.74, 6) is -0.247. The molecule has 6 nitrogen and oxygen atoms in total. The van der Waals surface area contributed by atoms with Crippen molar-refractivity contribution < 1.29 is 15.4 Å². The van der Waals surface area contributed by atoms with E-state index in [1.165, 1.54) is 12.1 Å². The molecule has 1 aromatic carbocycles. The van der Waals surface area contributed by atoms with Crippen molar-refractivity contribution in [1.82, 2.24) is 10.2 Å². The molecule has 0 heterocycles. The van der Waals surface area contributed by atoms with Crippen LogP contribution in [-0.2, 0) is 6.61 Å². The van der Waals surface area contributed by atoms with Crippen molar-refractivity contribution in [3.63, 3.8) is 0 Å². The number of hydrogen-bond donors (Lipinski definition) is 3. The Hall–Kier alpha value is -1.05. The van der Waals surface area contributed by atoms with Gasteiger partial charge in [0.25, 0.3) is 5.91 Å². The zero-order chi connectivity index (χ0) is 15.1. The van der Waals surface area contributed by atoms with Crippen LogP contribution in [-0.4, -0.2) is 47.6 Å². The molecule has 0 spiro atoms. The lowest BCUT2D eigenvalue weighted by molar-refractivity contribution is 0.0946. The number of carbonyl (C=O) groups excluding carboxylic acids is 1. The Morgan fingerprint density at radius 2 is 1.95 bits per heavy atom. The van der Waals surface area contributed by atoms with Crippen LogP contribution in [0.4, 0.5) is 5.69 Å². The van der Waals surface area contributed by atoms with Gasteiger partial charge in [-0.25, -0.2) is 0 Å². The molecule has 0 aliphatic carbocycles. The van der Waals surface area contributed by atoms with Crippen molar-refractivity contribution in [2.45, 2.75) is 20.5 Å². The van der Waals surface area contributed by atoms with Crippen LogP contribution in [0, 0.1) is 0 Å². The summed E-state index contributed by atoms with van der Waals surface area (Å²) in [6.07, 6.45) is 0. The molecule has 0 saturated heterocycles. The summed E-state index contributed by atoms with van der Waals surface area (Å²) in [5, 5.41) is 12.4. The second-order valence-corrected chi connectivity index (χ2v) is 4.88. The normalized spacial score (nSPS) is 9.86. The van der Waals surface area contributed by atoms with E-state index in [1.807, 2.05) is 0 Å². The van der Waals surface area contributed by atoms with Crippen molar-refractivity contribution in [1.29, 1.82) is 0 Å². The highest BCUT2D eigenvalue weighted by Gasteiger charge is 2.13. The van der Waals surface area contributed by atoms with Gasteiger partial charge in [0.05, 0.1) is 17.3 Å². The highest BCUT2D eigenvalue weighted by Crippen LogP contribution is 2.23. The number of anilines is 1. The van der Waals surface area contributed by atoms with E-state index in [-0.39, 0.29) is 30.4 Å². The number of benzene rings is 1. The summed E-state index contributed by atoms with van der Waals surface area (Å²) < 4.78 is 0. The van der Waals surface area contributed by atoms with Crippen molar-refractivity contribution in [2.24, 2.45) is 0 Å². The van der Waals surface area contributed by atoms with E-state index in [9.17, 15) is 9.90 Å². The molecular weight excluding hydrogens is 329 g/mol. The fourth-order valence-corrected chi connectivity index (χ4v) is 2.11. The molecule has 1 aromatic rings. The molecule has 0 fully saturated rings. The number of hydrogen-bond acceptors (Lipinski definition) is 4. The predicted octanol–water partition coefficient (Wildman–Crippen LogP) is 1.08. The van der Waals surface area contributed by atoms with Gasteiger partial charge in [-0.15, -0.1) is 12.4 Å². The Balaban J connectivity index is 0. The number of aliphatic hydroxyl groups is 1. The van der Waals surface area contributed by atoms with Crippen LogP contribution < -0.4 is 11.1 Å². The maximum Gasteiger partial charge on any atom is 0.251 e. The number of aliphatic hydroxyl groups excluding tert-OH is 1. The van der Waals surface area contributed by atoms with Crippen LogP contribution >= 0.6 is 24.0 Å². The molecule has 6 N–H and O–H groups in total. The molecule has 0 aliphatic rings.